The van der Waals surface area contributed by atoms with Crippen LogP contribution in [0, 0.1) is 0 Å². The second-order valence-electron chi connectivity index (χ2n) is 7.64. The highest BCUT2D eigenvalue weighted by Crippen LogP contribution is 2.39. The Morgan fingerprint density at radius 1 is 1.42 bits per heavy atom. The van der Waals surface area contributed by atoms with Crippen LogP contribution in [0.2, 0.25) is 0 Å². The van der Waals surface area contributed by atoms with E-state index in [1.165, 1.54) is 26.8 Å². The maximum Gasteiger partial charge on any atom is 0.420 e. The molecule has 170 valence electrons. The SMILES string of the molecule is C=CC[C@@H]1COCC(=O)N1c1nc(C(=O)O)c(NC(=O)OC(C)(C)C)cc1C(F)(F)F. The van der Waals surface area contributed by atoms with Crippen LogP contribution in [-0.2, 0) is 20.4 Å². The predicted molar refractivity (Wildman–Crippen MR) is 103 cm³/mol. The number of amides is 2. The number of carbonyl (C=O) groups excluding carboxylic acids is 2. The van der Waals surface area contributed by atoms with Crippen molar-refractivity contribution < 1.29 is 42.1 Å². The molecule has 0 bridgehead atoms. The molecule has 2 N–H and O–H groups in total. The van der Waals surface area contributed by atoms with Crippen LogP contribution in [0.25, 0.3) is 0 Å². The summed E-state index contributed by atoms with van der Waals surface area (Å²) in [5.41, 5.74) is -3.98. The summed E-state index contributed by atoms with van der Waals surface area (Å²) >= 11 is 0. The van der Waals surface area contributed by atoms with Gasteiger partial charge in [0.1, 0.15) is 23.6 Å². The number of carboxylic acids is 1. The molecule has 0 unspecified atom stereocenters. The molecule has 1 aliphatic heterocycles. The van der Waals surface area contributed by atoms with Crippen LogP contribution in [0.5, 0.6) is 0 Å². The number of rotatable bonds is 5. The molecule has 2 heterocycles. The number of ether oxygens (including phenoxy) is 2. The molecule has 0 spiro atoms. The third-order valence-corrected chi connectivity index (χ3v) is 3.98. The summed E-state index contributed by atoms with van der Waals surface area (Å²) in [6, 6.07) is -0.442. The smallest absolute Gasteiger partial charge is 0.420 e. The number of aromatic carboxylic acids is 1. The van der Waals surface area contributed by atoms with Crippen LogP contribution >= 0.6 is 0 Å². The average Bonchev–Trinajstić information content (AvgIpc) is 2.59. The molecule has 0 aromatic carbocycles. The minimum absolute atomic E-state index is 0.0863. The molecular weight excluding hydrogens is 423 g/mol. The minimum atomic E-state index is -5.01. The molecule has 1 saturated heterocycles. The lowest BCUT2D eigenvalue weighted by Crippen LogP contribution is -2.50. The van der Waals surface area contributed by atoms with Gasteiger partial charge in [-0.2, -0.15) is 13.2 Å². The lowest BCUT2D eigenvalue weighted by atomic mass is 10.1. The summed E-state index contributed by atoms with van der Waals surface area (Å²) in [5.74, 6) is -3.41. The number of anilines is 2. The number of nitrogens with zero attached hydrogens (tertiary/aromatic N) is 2. The first-order valence-electron chi connectivity index (χ1n) is 9.11. The van der Waals surface area contributed by atoms with Crippen molar-refractivity contribution in [1.29, 1.82) is 0 Å². The van der Waals surface area contributed by atoms with Gasteiger partial charge in [-0.15, -0.1) is 6.58 Å². The Hall–Kier alpha value is -3.15. The van der Waals surface area contributed by atoms with Gasteiger partial charge in [0.15, 0.2) is 5.69 Å². The van der Waals surface area contributed by atoms with Crippen LogP contribution in [0.1, 0.15) is 43.2 Å². The van der Waals surface area contributed by atoms with E-state index in [2.05, 4.69) is 11.6 Å². The second kappa shape index (κ2) is 8.92. The largest absolute Gasteiger partial charge is 0.476 e. The second-order valence-corrected chi connectivity index (χ2v) is 7.64. The van der Waals surface area contributed by atoms with Gasteiger partial charge in [0.05, 0.1) is 18.3 Å². The highest BCUT2D eigenvalue weighted by molar-refractivity contribution is 6.00. The summed E-state index contributed by atoms with van der Waals surface area (Å²) in [4.78, 5) is 40.5. The summed E-state index contributed by atoms with van der Waals surface area (Å²) in [5, 5.41) is 11.5. The summed E-state index contributed by atoms with van der Waals surface area (Å²) in [6.07, 6.45) is -4.69. The van der Waals surface area contributed by atoms with Gasteiger partial charge in [-0.1, -0.05) is 6.08 Å². The van der Waals surface area contributed by atoms with Gasteiger partial charge in [-0.3, -0.25) is 15.0 Å². The van der Waals surface area contributed by atoms with E-state index in [-0.39, 0.29) is 13.0 Å². The van der Waals surface area contributed by atoms with Gasteiger partial charge in [0, 0.05) is 0 Å². The molecular formula is C19H22F3N3O6. The summed E-state index contributed by atoms with van der Waals surface area (Å²) in [6.45, 7) is 7.50. The van der Waals surface area contributed by atoms with Gasteiger partial charge >= 0.3 is 18.2 Å². The number of aromatic nitrogens is 1. The van der Waals surface area contributed by atoms with Gasteiger partial charge < -0.3 is 14.6 Å². The first-order chi connectivity index (χ1) is 14.2. The van der Waals surface area contributed by atoms with Gasteiger partial charge in [-0.25, -0.2) is 14.6 Å². The predicted octanol–water partition coefficient (Wildman–Crippen LogP) is 3.45. The first kappa shape index (κ1) is 24.1. The molecule has 1 fully saturated rings. The normalized spacial score (nSPS) is 17.3. The Balaban J connectivity index is 2.65. The first-order valence-corrected chi connectivity index (χ1v) is 9.11. The zero-order chi connectivity index (χ0) is 23.6. The van der Waals surface area contributed by atoms with Crippen molar-refractivity contribution in [2.75, 3.05) is 23.4 Å². The highest BCUT2D eigenvalue weighted by Gasteiger charge is 2.42. The molecule has 31 heavy (non-hydrogen) atoms. The van der Waals surface area contributed by atoms with E-state index in [1.807, 2.05) is 5.32 Å². The van der Waals surface area contributed by atoms with Crippen molar-refractivity contribution in [3.05, 3.63) is 30.0 Å². The zero-order valence-electron chi connectivity index (χ0n) is 17.1. The van der Waals surface area contributed by atoms with Gasteiger partial charge in [0.25, 0.3) is 5.91 Å². The molecule has 9 nitrogen and oxygen atoms in total. The fourth-order valence-electron chi connectivity index (χ4n) is 2.85. The van der Waals surface area contributed by atoms with E-state index < -0.39 is 65.2 Å². The van der Waals surface area contributed by atoms with E-state index in [0.29, 0.717) is 6.07 Å². The molecule has 1 aromatic heterocycles. The zero-order valence-corrected chi connectivity index (χ0v) is 17.1. The molecule has 1 atom stereocenters. The Morgan fingerprint density at radius 2 is 2.06 bits per heavy atom. The fraction of sp³-hybridized carbons (Fsp3) is 0.474. The van der Waals surface area contributed by atoms with Gasteiger partial charge in [-0.05, 0) is 33.3 Å². The minimum Gasteiger partial charge on any atom is -0.476 e. The molecule has 2 amide bonds. The van der Waals surface area contributed by atoms with E-state index in [1.54, 1.807) is 0 Å². The van der Waals surface area contributed by atoms with Crippen LogP contribution < -0.4 is 10.2 Å². The highest BCUT2D eigenvalue weighted by atomic mass is 19.4. The summed E-state index contributed by atoms with van der Waals surface area (Å²) in [7, 11) is 0. The molecule has 0 radical (unpaired) electrons. The van der Waals surface area contributed by atoms with Crippen molar-refractivity contribution in [2.45, 2.75) is 45.0 Å². The van der Waals surface area contributed by atoms with E-state index in [9.17, 15) is 32.7 Å². The van der Waals surface area contributed by atoms with Crippen molar-refractivity contribution >= 4 is 29.5 Å². The van der Waals surface area contributed by atoms with Crippen LogP contribution in [0.15, 0.2) is 18.7 Å². The molecule has 1 aliphatic rings. The standard InChI is InChI=1S/C19H22F3N3O6/c1-5-6-10-8-30-9-13(26)25(10)15-11(19(20,21)22)7-12(14(24-15)16(27)28)23-17(29)31-18(2,3)4/h5,7,10H,1,6,8-9H2,2-4H3,(H,23,29)(H,27,28)/t10-/m1/s1. The maximum absolute atomic E-state index is 13.8. The van der Waals surface area contributed by atoms with Crippen molar-refractivity contribution in [3.8, 4) is 0 Å². The van der Waals surface area contributed by atoms with Crippen molar-refractivity contribution in [3.63, 3.8) is 0 Å². The molecule has 2 rings (SSSR count). The Labute approximate surface area is 175 Å². The number of nitrogens with one attached hydrogen (secondary N) is 1. The Kier molecular flexibility index (Phi) is 6.94. The molecule has 12 heteroatoms. The molecule has 0 aliphatic carbocycles. The van der Waals surface area contributed by atoms with E-state index >= 15 is 0 Å². The monoisotopic (exact) mass is 445 g/mol. The summed E-state index contributed by atoms with van der Waals surface area (Å²) < 4.78 is 51.6. The number of carboxylic acid groups (broad SMARTS) is 1. The number of morpholine rings is 1. The van der Waals surface area contributed by atoms with Crippen molar-refractivity contribution in [1.82, 2.24) is 4.98 Å². The fourth-order valence-corrected chi connectivity index (χ4v) is 2.85. The topological polar surface area (TPSA) is 118 Å². The number of carbonyl (C=O) groups is 3. The number of pyridine rings is 1. The van der Waals surface area contributed by atoms with E-state index in [4.69, 9.17) is 9.47 Å². The number of alkyl halides is 3. The molecule has 0 saturated carbocycles. The quantitative estimate of drug-likeness (QED) is 0.667. The lowest BCUT2D eigenvalue weighted by molar-refractivity contribution is -0.137. The van der Waals surface area contributed by atoms with Crippen LogP contribution in [0.4, 0.5) is 29.5 Å². The van der Waals surface area contributed by atoms with E-state index in [0.717, 1.165) is 4.90 Å². The lowest BCUT2D eigenvalue weighted by Gasteiger charge is -2.35. The maximum atomic E-state index is 13.8. The van der Waals surface area contributed by atoms with Gasteiger partial charge in [0.2, 0.25) is 0 Å². The third kappa shape index (κ3) is 5.94. The number of hydrogen-bond donors (Lipinski definition) is 2. The number of hydrogen-bond acceptors (Lipinski definition) is 6. The third-order valence-electron chi connectivity index (χ3n) is 3.98. The number of halogens is 3. The van der Waals surface area contributed by atoms with Crippen molar-refractivity contribution in [2.24, 2.45) is 0 Å². The molecule has 1 aromatic rings. The Morgan fingerprint density at radius 3 is 2.58 bits per heavy atom. The van der Waals surface area contributed by atoms with Crippen LogP contribution in [-0.4, -0.2) is 52.9 Å². The van der Waals surface area contributed by atoms with Crippen LogP contribution in [0.3, 0.4) is 0 Å². The average molecular weight is 445 g/mol. The Bertz CT molecular complexity index is 895.